The highest BCUT2D eigenvalue weighted by atomic mass is 35.5. The number of rotatable bonds is 3. The molecule has 0 aliphatic rings. The highest BCUT2D eigenvalue weighted by Crippen LogP contribution is 1.96. The molecule has 0 amide bonds. The van der Waals surface area contributed by atoms with E-state index in [1.54, 1.807) is 6.33 Å². The van der Waals surface area contributed by atoms with Crippen LogP contribution in [0.4, 0.5) is 0 Å². The number of aromatic nitrogens is 2. The predicted molar refractivity (Wildman–Crippen MR) is 41.0 cm³/mol. The molecule has 1 atom stereocenters. The number of nitrogens with zero attached hydrogens (tertiary/aromatic N) is 1. The minimum absolute atomic E-state index is 0.0185. The molecule has 1 aromatic heterocycles. The van der Waals surface area contributed by atoms with Crippen LogP contribution in [0, 0.1) is 0 Å². The van der Waals surface area contributed by atoms with Crippen LogP contribution in [0.25, 0.3) is 0 Å². The Bertz CT molecular complexity index is 173. The topological polar surface area (TPSA) is 54.7 Å². The van der Waals surface area contributed by atoms with Gasteiger partial charge in [0, 0.05) is 24.5 Å². The van der Waals surface area contributed by atoms with Gasteiger partial charge in [-0.2, -0.15) is 0 Å². The lowest BCUT2D eigenvalue weighted by Gasteiger charge is -2.02. The van der Waals surface area contributed by atoms with Gasteiger partial charge in [-0.05, 0) is 0 Å². The summed E-state index contributed by atoms with van der Waals surface area (Å²) >= 11 is 5.51. The van der Waals surface area contributed by atoms with E-state index in [1.807, 2.05) is 6.20 Å². The SMILES string of the molecule is N[C@H](CCl)Cc1c[nH]cn1. The molecule has 1 heterocycles. The van der Waals surface area contributed by atoms with E-state index in [0.717, 1.165) is 12.1 Å². The van der Waals surface area contributed by atoms with E-state index in [9.17, 15) is 0 Å². The van der Waals surface area contributed by atoms with Crippen LogP contribution in [0.3, 0.4) is 0 Å². The van der Waals surface area contributed by atoms with Crippen LogP contribution >= 0.6 is 11.6 Å². The van der Waals surface area contributed by atoms with E-state index in [1.165, 1.54) is 0 Å². The molecule has 0 unspecified atom stereocenters. The van der Waals surface area contributed by atoms with Gasteiger partial charge in [-0.1, -0.05) is 0 Å². The summed E-state index contributed by atoms with van der Waals surface area (Å²) in [4.78, 5) is 6.86. The maximum Gasteiger partial charge on any atom is 0.0923 e. The van der Waals surface area contributed by atoms with Gasteiger partial charge in [0.15, 0.2) is 0 Å². The van der Waals surface area contributed by atoms with Gasteiger partial charge in [0.25, 0.3) is 0 Å². The minimum Gasteiger partial charge on any atom is -0.351 e. The lowest BCUT2D eigenvalue weighted by molar-refractivity contribution is 0.732. The van der Waals surface area contributed by atoms with Crippen LogP contribution in [0.5, 0.6) is 0 Å². The second kappa shape index (κ2) is 3.58. The number of imidazole rings is 1. The van der Waals surface area contributed by atoms with E-state index in [2.05, 4.69) is 9.97 Å². The fourth-order valence-electron chi connectivity index (χ4n) is 0.726. The Morgan fingerprint density at radius 3 is 3.10 bits per heavy atom. The molecular formula is C6H10ClN3. The molecule has 1 aromatic rings. The minimum atomic E-state index is 0.0185. The van der Waals surface area contributed by atoms with Crippen molar-refractivity contribution in [1.82, 2.24) is 9.97 Å². The largest absolute Gasteiger partial charge is 0.351 e. The van der Waals surface area contributed by atoms with E-state index >= 15 is 0 Å². The van der Waals surface area contributed by atoms with Gasteiger partial charge in [0.1, 0.15) is 0 Å². The van der Waals surface area contributed by atoms with Gasteiger partial charge >= 0.3 is 0 Å². The van der Waals surface area contributed by atoms with Crippen LogP contribution in [0.2, 0.25) is 0 Å². The van der Waals surface area contributed by atoms with Crippen molar-refractivity contribution < 1.29 is 0 Å². The van der Waals surface area contributed by atoms with Crippen molar-refractivity contribution in [1.29, 1.82) is 0 Å². The number of hydrogen-bond acceptors (Lipinski definition) is 2. The summed E-state index contributed by atoms with van der Waals surface area (Å²) in [5, 5.41) is 0. The van der Waals surface area contributed by atoms with Crippen LogP contribution in [0.15, 0.2) is 12.5 Å². The first-order valence-electron chi connectivity index (χ1n) is 3.12. The van der Waals surface area contributed by atoms with Gasteiger partial charge in [-0.3, -0.25) is 0 Å². The average molecular weight is 160 g/mol. The van der Waals surface area contributed by atoms with Crippen LogP contribution < -0.4 is 5.73 Å². The number of alkyl halides is 1. The summed E-state index contributed by atoms with van der Waals surface area (Å²) < 4.78 is 0. The van der Waals surface area contributed by atoms with Crippen molar-refractivity contribution in [3.05, 3.63) is 18.2 Å². The highest BCUT2D eigenvalue weighted by Gasteiger charge is 2.02. The average Bonchev–Trinajstić information content (AvgIpc) is 2.40. The van der Waals surface area contributed by atoms with Crippen LogP contribution in [-0.2, 0) is 6.42 Å². The molecule has 0 aliphatic carbocycles. The summed E-state index contributed by atoms with van der Waals surface area (Å²) in [5.74, 6) is 0.479. The summed E-state index contributed by atoms with van der Waals surface area (Å²) in [6, 6.07) is 0.0185. The summed E-state index contributed by atoms with van der Waals surface area (Å²) in [5.41, 5.74) is 6.54. The Hall–Kier alpha value is -0.540. The number of hydrogen-bond donors (Lipinski definition) is 2. The van der Waals surface area contributed by atoms with Gasteiger partial charge in [0.2, 0.25) is 0 Å². The van der Waals surface area contributed by atoms with Crippen LogP contribution in [-0.4, -0.2) is 21.9 Å². The molecular weight excluding hydrogens is 150 g/mol. The Morgan fingerprint density at radius 2 is 2.60 bits per heavy atom. The first kappa shape index (κ1) is 7.57. The zero-order valence-electron chi connectivity index (χ0n) is 5.55. The Labute approximate surface area is 64.6 Å². The van der Waals surface area contributed by atoms with Gasteiger partial charge in [0.05, 0.1) is 12.0 Å². The zero-order chi connectivity index (χ0) is 7.40. The van der Waals surface area contributed by atoms with Gasteiger partial charge in [-0.15, -0.1) is 11.6 Å². The normalized spacial score (nSPS) is 13.4. The molecule has 0 aromatic carbocycles. The first-order chi connectivity index (χ1) is 4.83. The Morgan fingerprint density at radius 1 is 1.80 bits per heavy atom. The molecule has 0 saturated carbocycles. The summed E-state index contributed by atoms with van der Waals surface area (Å²) in [7, 11) is 0. The molecule has 3 nitrogen and oxygen atoms in total. The number of aromatic amines is 1. The Balaban J connectivity index is 2.40. The number of nitrogens with one attached hydrogen (secondary N) is 1. The lowest BCUT2D eigenvalue weighted by atomic mass is 10.2. The van der Waals surface area contributed by atoms with Crippen molar-refractivity contribution >= 4 is 11.6 Å². The van der Waals surface area contributed by atoms with Gasteiger partial charge in [-0.25, -0.2) is 4.98 Å². The van der Waals surface area contributed by atoms with E-state index in [-0.39, 0.29) is 6.04 Å². The molecule has 56 valence electrons. The predicted octanol–water partition coefficient (Wildman–Crippen LogP) is 0.518. The molecule has 4 heteroatoms. The molecule has 0 bridgehead atoms. The third-order valence-corrected chi connectivity index (χ3v) is 1.62. The van der Waals surface area contributed by atoms with Crippen molar-refractivity contribution in [3.63, 3.8) is 0 Å². The quantitative estimate of drug-likeness (QED) is 0.632. The van der Waals surface area contributed by atoms with Crippen molar-refractivity contribution in [2.45, 2.75) is 12.5 Å². The fourth-order valence-corrected chi connectivity index (χ4v) is 0.835. The molecule has 0 saturated heterocycles. The Kier molecular flexibility index (Phi) is 2.71. The monoisotopic (exact) mass is 159 g/mol. The molecule has 1 rings (SSSR count). The number of halogens is 1. The van der Waals surface area contributed by atoms with E-state index < -0.39 is 0 Å². The zero-order valence-corrected chi connectivity index (χ0v) is 6.30. The second-order valence-corrected chi connectivity index (χ2v) is 2.49. The van der Waals surface area contributed by atoms with Crippen molar-refractivity contribution in [3.8, 4) is 0 Å². The number of nitrogens with two attached hydrogens (primary N) is 1. The molecule has 3 N–H and O–H groups in total. The lowest BCUT2D eigenvalue weighted by Crippen LogP contribution is -2.24. The number of H-pyrrole nitrogens is 1. The summed E-state index contributed by atoms with van der Waals surface area (Å²) in [6.45, 7) is 0. The van der Waals surface area contributed by atoms with Crippen molar-refractivity contribution in [2.24, 2.45) is 5.73 Å². The molecule has 0 fully saturated rings. The van der Waals surface area contributed by atoms with E-state index in [4.69, 9.17) is 17.3 Å². The van der Waals surface area contributed by atoms with Gasteiger partial charge < -0.3 is 10.7 Å². The maximum absolute atomic E-state index is 5.58. The fraction of sp³-hybridized carbons (Fsp3) is 0.500. The third kappa shape index (κ3) is 2.01. The maximum atomic E-state index is 5.58. The first-order valence-corrected chi connectivity index (χ1v) is 3.65. The molecule has 10 heavy (non-hydrogen) atoms. The molecule has 0 aliphatic heterocycles. The van der Waals surface area contributed by atoms with Crippen LogP contribution in [0.1, 0.15) is 5.69 Å². The standard InChI is InChI=1S/C6H10ClN3/c7-2-5(8)1-6-3-9-4-10-6/h3-5H,1-2,8H2,(H,9,10)/t5-/m0/s1. The molecule has 0 radical (unpaired) electrons. The smallest absolute Gasteiger partial charge is 0.0923 e. The highest BCUT2D eigenvalue weighted by molar-refractivity contribution is 6.18. The van der Waals surface area contributed by atoms with E-state index in [0.29, 0.717) is 5.88 Å². The second-order valence-electron chi connectivity index (χ2n) is 2.18. The summed E-state index contributed by atoms with van der Waals surface area (Å²) in [6.07, 6.45) is 4.20. The van der Waals surface area contributed by atoms with Crippen molar-refractivity contribution in [2.75, 3.05) is 5.88 Å². The third-order valence-electron chi connectivity index (χ3n) is 1.22. The molecule has 0 spiro atoms.